The van der Waals surface area contributed by atoms with Crippen LogP contribution in [-0.2, 0) is 0 Å². The molecule has 2 aromatic carbocycles. The van der Waals surface area contributed by atoms with Crippen LogP contribution in [-0.4, -0.2) is 31.9 Å². The number of halogens is 2. The predicted molar refractivity (Wildman–Crippen MR) is 97.1 cm³/mol. The fraction of sp³-hybridized carbons (Fsp3) is 0.278. The lowest BCUT2D eigenvalue weighted by molar-refractivity contribution is 0.552. The Morgan fingerprint density at radius 3 is 2.61 bits per heavy atom. The van der Waals surface area contributed by atoms with Crippen molar-refractivity contribution in [3.8, 4) is 0 Å². The quantitative estimate of drug-likeness (QED) is 0.555. The molecule has 0 saturated carbocycles. The fourth-order valence-electron chi connectivity index (χ4n) is 2.20. The molecule has 0 aliphatic rings. The van der Waals surface area contributed by atoms with Gasteiger partial charge in [0.15, 0.2) is 0 Å². The Bertz CT molecular complexity index is 715. The van der Waals surface area contributed by atoms with E-state index in [9.17, 15) is 4.39 Å². The molecule has 0 unspecified atom stereocenters. The first-order chi connectivity index (χ1) is 10.9. The molecule has 0 amide bonds. The zero-order chi connectivity index (χ0) is 17.0. The Kier molecular flexibility index (Phi) is 5.61. The zero-order valence-corrected chi connectivity index (χ0v) is 14.6. The van der Waals surface area contributed by atoms with E-state index in [4.69, 9.17) is 11.6 Å². The zero-order valence-electron chi connectivity index (χ0n) is 13.8. The van der Waals surface area contributed by atoms with E-state index in [1.807, 2.05) is 49.0 Å². The number of hydrogen-bond acceptors (Lipinski definition) is 2. The van der Waals surface area contributed by atoms with Gasteiger partial charge in [-0.2, -0.15) is 0 Å². The molecule has 0 bridgehead atoms. The largest absolute Gasteiger partial charge is 0.366 e. The highest BCUT2D eigenvalue weighted by Gasteiger charge is 2.12. The van der Waals surface area contributed by atoms with Gasteiger partial charge in [0.25, 0.3) is 0 Å². The Balaban J connectivity index is 2.43. The molecule has 3 nitrogen and oxygen atoms in total. The molecule has 2 aromatic rings. The molecule has 0 aliphatic carbocycles. The van der Waals surface area contributed by atoms with Gasteiger partial charge in [-0.1, -0.05) is 17.7 Å². The number of anilines is 2. The maximum Gasteiger partial charge on any atom is 0.125 e. The highest BCUT2D eigenvalue weighted by Crippen LogP contribution is 2.35. The van der Waals surface area contributed by atoms with Crippen molar-refractivity contribution >= 4 is 35.0 Å². The van der Waals surface area contributed by atoms with Crippen LogP contribution >= 0.6 is 11.6 Å². The van der Waals surface area contributed by atoms with Gasteiger partial charge in [0.05, 0.1) is 12.0 Å². The van der Waals surface area contributed by atoms with Crippen LogP contribution < -0.4 is 4.90 Å². The number of rotatable bonds is 5. The van der Waals surface area contributed by atoms with E-state index in [0.717, 1.165) is 29.2 Å². The van der Waals surface area contributed by atoms with Gasteiger partial charge >= 0.3 is 0 Å². The average Bonchev–Trinajstić information content (AvgIpc) is 2.54. The average molecular weight is 334 g/mol. The van der Waals surface area contributed by atoms with E-state index in [2.05, 4.69) is 11.9 Å². The minimum absolute atomic E-state index is 0.267. The monoisotopic (exact) mass is 333 g/mol. The molecule has 5 heteroatoms. The van der Waals surface area contributed by atoms with Crippen molar-refractivity contribution in [2.75, 3.05) is 25.5 Å². The van der Waals surface area contributed by atoms with E-state index in [-0.39, 0.29) is 5.82 Å². The van der Waals surface area contributed by atoms with E-state index >= 15 is 0 Å². The summed E-state index contributed by atoms with van der Waals surface area (Å²) >= 11 is 6.25. The summed E-state index contributed by atoms with van der Waals surface area (Å²) in [7, 11) is 3.85. The smallest absolute Gasteiger partial charge is 0.125 e. The Hall–Kier alpha value is -2.07. The molecular weight excluding hydrogens is 313 g/mol. The van der Waals surface area contributed by atoms with Gasteiger partial charge in [0.2, 0.25) is 0 Å². The Morgan fingerprint density at radius 2 is 1.96 bits per heavy atom. The lowest BCUT2D eigenvalue weighted by Crippen LogP contribution is -2.14. The predicted octanol–water partition coefficient (Wildman–Crippen LogP) is 5.17. The second kappa shape index (κ2) is 7.47. The van der Waals surface area contributed by atoms with Gasteiger partial charge in [-0.25, -0.2) is 9.38 Å². The number of aliphatic imine (C=N–C) groups is 1. The molecule has 0 saturated heterocycles. The van der Waals surface area contributed by atoms with Crippen LogP contribution in [0.5, 0.6) is 0 Å². The molecule has 0 spiro atoms. The third-order valence-corrected chi connectivity index (χ3v) is 3.99. The number of hydrogen-bond donors (Lipinski definition) is 0. The normalized spacial score (nSPS) is 11.0. The Morgan fingerprint density at radius 1 is 1.22 bits per heavy atom. The second-order valence-corrected chi connectivity index (χ2v) is 5.86. The summed E-state index contributed by atoms with van der Waals surface area (Å²) in [6.45, 7) is 4.92. The van der Waals surface area contributed by atoms with Gasteiger partial charge < -0.3 is 9.80 Å². The summed E-state index contributed by atoms with van der Waals surface area (Å²) in [5, 5.41) is 0.597. The molecule has 0 fully saturated rings. The van der Waals surface area contributed by atoms with E-state index in [0.29, 0.717) is 5.02 Å². The van der Waals surface area contributed by atoms with Gasteiger partial charge in [-0.05, 0) is 49.7 Å². The van der Waals surface area contributed by atoms with Crippen molar-refractivity contribution in [2.45, 2.75) is 13.8 Å². The summed E-state index contributed by atoms with van der Waals surface area (Å²) < 4.78 is 13.5. The first-order valence-corrected chi connectivity index (χ1v) is 7.84. The Labute approximate surface area is 142 Å². The highest BCUT2D eigenvalue weighted by atomic mass is 35.5. The van der Waals surface area contributed by atoms with E-state index < -0.39 is 0 Å². The molecule has 0 atom stereocenters. The molecule has 122 valence electrons. The van der Waals surface area contributed by atoms with Crippen molar-refractivity contribution in [2.24, 2.45) is 4.99 Å². The second-order valence-electron chi connectivity index (χ2n) is 5.43. The lowest BCUT2D eigenvalue weighted by atomic mass is 10.1. The molecule has 0 heterocycles. The summed E-state index contributed by atoms with van der Waals surface area (Å²) in [5.41, 5.74) is 3.45. The summed E-state index contributed by atoms with van der Waals surface area (Å²) in [6, 6.07) is 10.2. The first-order valence-electron chi connectivity index (χ1n) is 7.46. The van der Waals surface area contributed by atoms with E-state index in [1.165, 1.54) is 12.1 Å². The number of nitrogens with zero attached hydrogens (tertiary/aromatic N) is 3. The SMILES string of the molecule is CCN(C)C=Nc1cc(Cl)cc(N(C)c2cccc(F)c2)c1C. The molecule has 0 aliphatic heterocycles. The maximum atomic E-state index is 13.5. The van der Waals surface area contributed by atoms with Crippen LogP contribution in [0.1, 0.15) is 12.5 Å². The molecule has 23 heavy (non-hydrogen) atoms. The van der Waals surface area contributed by atoms with E-state index in [1.54, 1.807) is 12.4 Å². The van der Waals surface area contributed by atoms with Crippen LogP contribution in [0.4, 0.5) is 21.5 Å². The third kappa shape index (κ3) is 4.23. The van der Waals surface area contributed by atoms with Crippen molar-refractivity contribution in [1.29, 1.82) is 0 Å². The molecule has 0 radical (unpaired) electrons. The minimum atomic E-state index is -0.267. The topological polar surface area (TPSA) is 18.8 Å². The van der Waals surface area contributed by atoms with Crippen LogP contribution in [0.3, 0.4) is 0 Å². The summed E-state index contributed by atoms with van der Waals surface area (Å²) in [6.07, 6.45) is 1.78. The van der Waals surface area contributed by atoms with Gasteiger partial charge in [0.1, 0.15) is 5.82 Å². The van der Waals surface area contributed by atoms with Gasteiger partial charge in [0, 0.05) is 37.0 Å². The fourth-order valence-corrected chi connectivity index (χ4v) is 2.41. The molecule has 0 aromatic heterocycles. The summed E-state index contributed by atoms with van der Waals surface area (Å²) in [5.74, 6) is -0.267. The van der Waals surface area contributed by atoms with Crippen molar-refractivity contribution in [3.63, 3.8) is 0 Å². The lowest BCUT2D eigenvalue weighted by Gasteiger charge is -2.23. The maximum absolute atomic E-state index is 13.5. The van der Waals surface area contributed by atoms with Gasteiger partial charge in [-0.3, -0.25) is 0 Å². The molecular formula is C18H21ClFN3. The highest BCUT2D eigenvalue weighted by molar-refractivity contribution is 6.31. The first kappa shape index (κ1) is 17.3. The molecule has 2 rings (SSSR count). The molecule has 0 N–H and O–H groups in total. The van der Waals surface area contributed by atoms with Crippen LogP contribution in [0.25, 0.3) is 0 Å². The van der Waals surface area contributed by atoms with Crippen LogP contribution in [0, 0.1) is 12.7 Å². The number of benzene rings is 2. The van der Waals surface area contributed by atoms with Crippen molar-refractivity contribution < 1.29 is 4.39 Å². The van der Waals surface area contributed by atoms with Crippen molar-refractivity contribution in [1.82, 2.24) is 4.90 Å². The van der Waals surface area contributed by atoms with Crippen molar-refractivity contribution in [3.05, 3.63) is 52.8 Å². The van der Waals surface area contributed by atoms with Crippen LogP contribution in [0.2, 0.25) is 5.02 Å². The summed E-state index contributed by atoms with van der Waals surface area (Å²) in [4.78, 5) is 8.40. The van der Waals surface area contributed by atoms with Crippen LogP contribution in [0.15, 0.2) is 41.4 Å². The standard InChI is InChI=1S/C18H21ClFN3/c1-5-22(3)12-21-17-9-14(19)10-18(13(17)2)23(4)16-8-6-7-15(20)11-16/h6-12H,5H2,1-4H3. The minimum Gasteiger partial charge on any atom is -0.366 e. The van der Waals surface area contributed by atoms with Gasteiger partial charge in [-0.15, -0.1) is 0 Å². The third-order valence-electron chi connectivity index (χ3n) is 3.77.